The summed E-state index contributed by atoms with van der Waals surface area (Å²) in [4.78, 5) is 12.6. The second-order valence-electron chi connectivity index (χ2n) is 8.44. The quantitative estimate of drug-likeness (QED) is 0.329. The van der Waals surface area contributed by atoms with Gasteiger partial charge in [0.25, 0.3) is 0 Å². The minimum Gasteiger partial charge on any atom is -0.478 e. The van der Waals surface area contributed by atoms with Gasteiger partial charge in [0.1, 0.15) is 0 Å². The van der Waals surface area contributed by atoms with Gasteiger partial charge in [0.2, 0.25) is 0 Å². The summed E-state index contributed by atoms with van der Waals surface area (Å²) in [6.07, 6.45) is -13.5. The van der Waals surface area contributed by atoms with Crippen LogP contribution in [0.4, 0.5) is 39.5 Å². The molecule has 2 aromatic rings. The zero-order valence-electron chi connectivity index (χ0n) is 18.6. The molecule has 1 aliphatic heterocycles. The molecule has 0 bridgehead atoms. The van der Waals surface area contributed by atoms with Crippen molar-refractivity contribution in [3.63, 3.8) is 0 Å². The summed E-state index contributed by atoms with van der Waals surface area (Å²) in [5.41, 5.74) is -3.48. The Kier molecular flexibility index (Phi) is 7.50. The smallest absolute Gasteiger partial charge is 0.416 e. The normalized spacial score (nSPS) is 19.9. The number of carboxylic acid groups (broad SMARTS) is 1. The number of carboxylic acids is 1. The van der Waals surface area contributed by atoms with E-state index >= 15 is 0 Å². The topological polar surface area (TPSA) is 40.5 Å². The van der Waals surface area contributed by atoms with Crippen molar-refractivity contribution in [1.82, 2.24) is 4.90 Å². The molecule has 1 aliphatic rings. The molecule has 1 fully saturated rings. The van der Waals surface area contributed by atoms with Crippen molar-refractivity contribution in [3.05, 3.63) is 81.9 Å². The maximum Gasteiger partial charge on any atom is 0.416 e. The summed E-state index contributed by atoms with van der Waals surface area (Å²) in [5, 5.41) is 9.09. The molecule has 3 rings (SSSR count). The highest BCUT2D eigenvalue weighted by atomic mass is 19.4. The monoisotopic (exact) mass is 525 g/mol. The third kappa shape index (κ3) is 6.21. The van der Waals surface area contributed by atoms with Crippen LogP contribution in [0.2, 0.25) is 0 Å². The molecule has 1 saturated heterocycles. The maximum absolute atomic E-state index is 13.7. The van der Waals surface area contributed by atoms with Gasteiger partial charge in [-0.2, -0.15) is 39.5 Å². The average molecular weight is 525 g/mol. The molecule has 0 amide bonds. The van der Waals surface area contributed by atoms with Crippen molar-refractivity contribution in [3.8, 4) is 0 Å². The van der Waals surface area contributed by atoms with Gasteiger partial charge in [-0.25, -0.2) is 4.79 Å². The van der Waals surface area contributed by atoms with Crippen LogP contribution in [0.5, 0.6) is 0 Å². The van der Waals surface area contributed by atoms with E-state index in [0.29, 0.717) is 23.8 Å². The minimum atomic E-state index is -4.96. The second-order valence-corrected chi connectivity index (χ2v) is 8.44. The highest BCUT2D eigenvalue weighted by molar-refractivity contribution is 5.80. The summed E-state index contributed by atoms with van der Waals surface area (Å²) in [6.45, 7) is 1.26. The van der Waals surface area contributed by atoms with Crippen LogP contribution in [0.1, 0.15) is 59.7 Å². The van der Waals surface area contributed by atoms with Crippen molar-refractivity contribution in [1.29, 1.82) is 0 Å². The molecule has 36 heavy (non-hydrogen) atoms. The third-order valence-electron chi connectivity index (χ3n) is 6.13. The van der Waals surface area contributed by atoms with Gasteiger partial charge in [-0.3, -0.25) is 4.90 Å². The number of likely N-dealkylation sites (tertiary alicyclic amines) is 1. The molecule has 2 atom stereocenters. The van der Waals surface area contributed by atoms with E-state index in [0.717, 1.165) is 30.3 Å². The predicted octanol–water partition coefficient (Wildman–Crippen LogP) is 7.65. The lowest BCUT2D eigenvalue weighted by molar-refractivity contribution is -0.142. The molecule has 0 aromatic heterocycles. The molecule has 0 saturated carbocycles. The zero-order valence-corrected chi connectivity index (χ0v) is 18.6. The first-order valence-corrected chi connectivity index (χ1v) is 10.6. The number of halogens is 9. The summed E-state index contributed by atoms with van der Waals surface area (Å²) in [5.74, 6) is -1.27. The van der Waals surface area contributed by atoms with Gasteiger partial charge in [-0.15, -0.1) is 0 Å². The molecule has 0 aliphatic carbocycles. The van der Waals surface area contributed by atoms with Crippen molar-refractivity contribution < 1.29 is 49.4 Å². The van der Waals surface area contributed by atoms with Gasteiger partial charge < -0.3 is 5.11 Å². The summed E-state index contributed by atoms with van der Waals surface area (Å²) in [6, 6.07) is 2.87. The molecule has 0 unspecified atom stereocenters. The number of alkyl halides is 9. The molecule has 12 heteroatoms. The Balaban J connectivity index is 2.10. The van der Waals surface area contributed by atoms with Crippen LogP contribution < -0.4 is 0 Å². The van der Waals surface area contributed by atoms with E-state index in [-0.39, 0.29) is 24.9 Å². The molecule has 0 spiro atoms. The largest absolute Gasteiger partial charge is 0.478 e. The van der Waals surface area contributed by atoms with E-state index in [1.54, 1.807) is 0 Å². The van der Waals surface area contributed by atoms with Crippen molar-refractivity contribution in [2.45, 2.75) is 50.4 Å². The Morgan fingerprint density at radius 2 is 1.47 bits per heavy atom. The van der Waals surface area contributed by atoms with Crippen molar-refractivity contribution >= 4 is 5.97 Å². The first-order valence-electron chi connectivity index (χ1n) is 10.6. The van der Waals surface area contributed by atoms with Gasteiger partial charge in [0.05, 0.1) is 16.7 Å². The standard InChI is InChI=1S/C24H20F9NO2/c1-13(18-12-17(23(28,29)30)6-7-19(18)24(31,32)33)34-9-8-14(11-21(35)36)10-20(34)15-2-4-16(5-3-15)22(25,26)27/h2-7,11-13,20H,8-10H2,1H3,(H,35,36)/b14-11+/t13-,20-/m0/s1. The Labute approximate surface area is 199 Å². The van der Waals surface area contributed by atoms with E-state index in [1.165, 1.54) is 11.8 Å². The number of hydrogen-bond donors (Lipinski definition) is 1. The van der Waals surface area contributed by atoms with E-state index in [4.69, 9.17) is 5.11 Å². The van der Waals surface area contributed by atoms with E-state index in [2.05, 4.69) is 0 Å². The number of nitrogens with zero attached hydrogens (tertiary/aromatic N) is 1. The number of carbonyl (C=O) groups is 1. The number of hydrogen-bond acceptors (Lipinski definition) is 2. The number of benzene rings is 2. The fourth-order valence-corrected chi connectivity index (χ4v) is 4.39. The van der Waals surface area contributed by atoms with Gasteiger partial charge in [0, 0.05) is 24.7 Å². The Morgan fingerprint density at radius 1 is 0.917 bits per heavy atom. The first kappa shape index (κ1) is 27.6. The van der Waals surface area contributed by atoms with Crippen LogP contribution in [0.25, 0.3) is 0 Å². The lowest BCUT2D eigenvalue weighted by atomic mass is 9.87. The van der Waals surface area contributed by atoms with E-state index in [9.17, 15) is 44.3 Å². The first-order chi connectivity index (χ1) is 16.5. The zero-order chi connectivity index (χ0) is 27.1. The van der Waals surface area contributed by atoms with Crippen LogP contribution in [0.3, 0.4) is 0 Å². The molecule has 2 aromatic carbocycles. The van der Waals surface area contributed by atoms with Crippen LogP contribution >= 0.6 is 0 Å². The van der Waals surface area contributed by atoms with Crippen LogP contribution in [-0.4, -0.2) is 22.5 Å². The maximum atomic E-state index is 13.7. The third-order valence-corrected chi connectivity index (χ3v) is 6.13. The highest BCUT2D eigenvalue weighted by Gasteiger charge is 2.41. The van der Waals surface area contributed by atoms with Crippen LogP contribution in [-0.2, 0) is 23.3 Å². The molecular weight excluding hydrogens is 505 g/mol. The number of rotatable bonds is 4. The summed E-state index contributed by atoms with van der Waals surface area (Å²) < 4.78 is 120. The molecular formula is C24H20F9NO2. The van der Waals surface area contributed by atoms with Gasteiger partial charge in [0.15, 0.2) is 0 Å². The lowest BCUT2D eigenvalue weighted by Gasteiger charge is -2.42. The number of aliphatic carboxylic acids is 1. The van der Waals surface area contributed by atoms with Gasteiger partial charge in [-0.1, -0.05) is 17.7 Å². The molecule has 3 nitrogen and oxygen atoms in total. The van der Waals surface area contributed by atoms with Crippen molar-refractivity contribution in [2.24, 2.45) is 0 Å². The minimum absolute atomic E-state index is 0.0283. The Hall–Kier alpha value is -3.02. The van der Waals surface area contributed by atoms with Gasteiger partial charge >= 0.3 is 24.5 Å². The fraction of sp³-hybridized carbons (Fsp3) is 0.375. The molecule has 0 radical (unpaired) electrons. The Morgan fingerprint density at radius 3 is 1.97 bits per heavy atom. The van der Waals surface area contributed by atoms with Crippen LogP contribution in [0, 0.1) is 0 Å². The predicted molar refractivity (Wildman–Crippen MR) is 111 cm³/mol. The summed E-state index contributed by atoms with van der Waals surface area (Å²) in [7, 11) is 0. The highest BCUT2D eigenvalue weighted by Crippen LogP contribution is 2.45. The van der Waals surface area contributed by atoms with Crippen molar-refractivity contribution in [2.75, 3.05) is 6.54 Å². The summed E-state index contributed by atoms with van der Waals surface area (Å²) >= 11 is 0. The Bertz CT molecular complexity index is 1130. The molecule has 196 valence electrons. The van der Waals surface area contributed by atoms with Crippen LogP contribution in [0.15, 0.2) is 54.1 Å². The fourth-order valence-electron chi connectivity index (χ4n) is 4.39. The van der Waals surface area contributed by atoms with Gasteiger partial charge in [-0.05, 0) is 61.2 Å². The SMILES string of the molecule is C[C@@H](c1cc(C(F)(F)F)ccc1C(F)(F)F)N1CC/C(=C\C(=O)O)C[C@H]1c1ccc(C(F)(F)F)cc1. The molecule has 1 N–H and O–H groups in total. The lowest BCUT2D eigenvalue weighted by Crippen LogP contribution is -2.37. The average Bonchev–Trinajstić information content (AvgIpc) is 2.76. The second kappa shape index (κ2) is 9.79. The molecule has 1 heterocycles. The van der Waals surface area contributed by atoms with E-state index in [1.807, 2.05) is 0 Å². The van der Waals surface area contributed by atoms with E-state index < -0.39 is 58.8 Å². The number of piperidine rings is 1.